The van der Waals surface area contributed by atoms with E-state index in [2.05, 4.69) is 5.32 Å². The average molecular weight is 276 g/mol. The minimum Gasteiger partial charge on any atom is -0.478 e. The van der Waals surface area contributed by atoms with E-state index in [1.165, 1.54) is 0 Å². The van der Waals surface area contributed by atoms with Crippen molar-refractivity contribution in [1.82, 2.24) is 4.90 Å². The monoisotopic (exact) mass is 276 g/mol. The minimum absolute atomic E-state index is 0.137. The molecule has 108 valence electrons. The molecule has 2 N–H and O–H groups in total. The Bertz CT molecular complexity index is 550. The van der Waals surface area contributed by atoms with Crippen molar-refractivity contribution in [3.05, 3.63) is 28.8 Å². The molecule has 1 aliphatic rings. The molecular formula is C15H20N2O3. The van der Waals surface area contributed by atoms with Crippen LogP contribution in [0.15, 0.2) is 12.1 Å². The number of hydrogen-bond donors (Lipinski definition) is 2. The normalized spacial score (nSPS) is 14.6. The highest BCUT2D eigenvalue weighted by molar-refractivity contribution is 6.01. The fourth-order valence-corrected chi connectivity index (χ4v) is 2.44. The van der Waals surface area contributed by atoms with E-state index in [-0.39, 0.29) is 17.6 Å². The number of nitrogens with zero attached hydrogens (tertiary/aromatic N) is 1. The summed E-state index contributed by atoms with van der Waals surface area (Å²) in [5, 5.41) is 12.0. The molecule has 5 heteroatoms. The van der Waals surface area contributed by atoms with Crippen LogP contribution in [0.5, 0.6) is 0 Å². The number of carboxylic acid groups (broad SMARTS) is 1. The topological polar surface area (TPSA) is 69.6 Å². The molecule has 0 radical (unpaired) electrons. The van der Waals surface area contributed by atoms with Crippen LogP contribution >= 0.6 is 0 Å². The predicted molar refractivity (Wildman–Crippen MR) is 77.3 cm³/mol. The molecule has 0 aliphatic heterocycles. The Labute approximate surface area is 118 Å². The molecule has 1 aliphatic carbocycles. The summed E-state index contributed by atoms with van der Waals surface area (Å²) in [6.45, 7) is 3.64. The van der Waals surface area contributed by atoms with Crippen molar-refractivity contribution < 1.29 is 14.7 Å². The quantitative estimate of drug-likeness (QED) is 0.891. The first-order chi connectivity index (χ1) is 9.40. The third-order valence-electron chi connectivity index (χ3n) is 3.88. The summed E-state index contributed by atoms with van der Waals surface area (Å²) in [5.41, 5.74) is 2.15. The van der Waals surface area contributed by atoms with Gasteiger partial charge >= 0.3 is 12.0 Å². The first-order valence-corrected chi connectivity index (χ1v) is 6.78. The zero-order chi connectivity index (χ0) is 14.9. The molecule has 0 bridgehead atoms. The number of amides is 2. The second kappa shape index (κ2) is 5.53. The maximum atomic E-state index is 12.2. The highest BCUT2D eigenvalue weighted by Gasteiger charge is 2.26. The van der Waals surface area contributed by atoms with E-state index in [1.807, 2.05) is 13.0 Å². The highest BCUT2D eigenvalue weighted by Crippen LogP contribution is 2.26. The van der Waals surface area contributed by atoms with Crippen LogP contribution in [0.25, 0.3) is 0 Å². The van der Waals surface area contributed by atoms with Gasteiger partial charge in [-0.1, -0.05) is 6.07 Å². The van der Waals surface area contributed by atoms with Crippen molar-refractivity contribution in [3.63, 3.8) is 0 Å². The molecule has 0 saturated heterocycles. The van der Waals surface area contributed by atoms with Gasteiger partial charge in [0.2, 0.25) is 0 Å². The van der Waals surface area contributed by atoms with E-state index in [0.29, 0.717) is 5.69 Å². The molecule has 0 atom stereocenters. The van der Waals surface area contributed by atoms with Gasteiger partial charge in [-0.15, -0.1) is 0 Å². The SMILES string of the molecule is Cc1cc(C)c(NC(=O)N(C)C2CCC2)c(C(=O)O)c1. The third-order valence-corrected chi connectivity index (χ3v) is 3.88. The average Bonchev–Trinajstić information content (AvgIpc) is 2.29. The summed E-state index contributed by atoms with van der Waals surface area (Å²) in [6.07, 6.45) is 3.18. The lowest BCUT2D eigenvalue weighted by Crippen LogP contribution is -2.43. The number of carbonyl (C=O) groups excluding carboxylic acids is 1. The smallest absolute Gasteiger partial charge is 0.337 e. The molecule has 1 fully saturated rings. The van der Waals surface area contributed by atoms with Crippen molar-refractivity contribution in [2.45, 2.75) is 39.2 Å². The fourth-order valence-electron chi connectivity index (χ4n) is 2.44. The number of hydrogen-bond acceptors (Lipinski definition) is 2. The molecule has 0 spiro atoms. The van der Waals surface area contributed by atoms with Crippen molar-refractivity contribution >= 4 is 17.7 Å². The van der Waals surface area contributed by atoms with Crippen LogP contribution in [0.1, 0.15) is 40.7 Å². The van der Waals surface area contributed by atoms with Gasteiger partial charge in [-0.05, 0) is 50.3 Å². The van der Waals surface area contributed by atoms with Crippen LogP contribution in [0.3, 0.4) is 0 Å². The lowest BCUT2D eigenvalue weighted by molar-refractivity contribution is 0.0698. The molecule has 1 aromatic rings. The third kappa shape index (κ3) is 2.76. The molecule has 1 aromatic carbocycles. The maximum absolute atomic E-state index is 12.2. The van der Waals surface area contributed by atoms with Gasteiger partial charge in [-0.3, -0.25) is 0 Å². The van der Waals surface area contributed by atoms with Crippen LogP contribution in [-0.4, -0.2) is 35.1 Å². The molecule has 1 saturated carbocycles. The number of rotatable bonds is 3. The van der Waals surface area contributed by atoms with Crippen molar-refractivity contribution in [2.75, 3.05) is 12.4 Å². The molecule has 20 heavy (non-hydrogen) atoms. The zero-order valence-electron chi connectivity index (χ0n) is 12.1. The molecule has 2 amide bonds. The largest absolute Gasteiger partial charge is 0.478 e. The van der Waals surface area contributed by atoms with Gasteiger partial charge < -0.3 is 15.3 Å². The van der Waals surface area contributed by atoms with Gasteiger partial charge in [0.15, 0.2) is 0 Å². The summed E-state index contributed by atoms with van der Waals surface area (Å²) in [6, 6.07) is 3.47. The molecule has 0 unspecified atom stereocenters. The summed E-state index contributed by atoms with van der Waals surface area (Å²) in [5.74, 6) is -1.03. The molecule has 5 nitrogen and oxygen atoms in total. The predicted octanol–water partition coefficient (Wildman–Crippen LogP) is 3.02. The summed E-state index contributed by atoms with van der Waals surface area (Å²) in [7, 11) is 1.75. The fraction of sp³-hybridized carbons (Fsp3) is 0.467. The molecular weight excluding hydrogens is 256 g/mol. The Hall–Kier alpha value is -2.04. The van der Waals surface area contributed by atoms with E-state index in [4.69, 9.17) is 0 Å². The van der Waals surface area contributed by atoms with Crippen LogP contribution in [0, 0.1) is 13.8 Å². The van der Waals surface area contributed by atoms with E-state index in [0.717, 1.165) is 30.4 Å². The van der Waals surface area contributed by atoms with Gasteiger partial charge in [0, 0.05) is 13.1 Å². The summed E-state index contributed by atoms with van der Waals surface area (Å²) in [4.78, 5) is 25.2. The lowest BCUT2D eigenvalue weighted by atomic mass is 9.92. The Kier molecular flexibility index (Phi) is 3.97. The van der Waals surface area contributed by atoms with Crippen LogP contribution in [-0.2, 0) is 0 Å². The van der Waals surface area contributed by atoms with Crippen molar-refractivity contribution in [3.8, 4) is 0 Å². The Balaban J connectivity index is 2.23. The lowest BCUT2D eigenvalue weighted by Gasteiger charge is -2.34. The second-order valence-electron chi connectivity index (χ2n) is 5.44. The number of nitrogens with one attached hydrogen (secondary N) is 1. The number of carbonyl (C=O) groups is 2. The van der Waals surface area contributed by atoms with Crippen LogP contribution in [0.2, 0.25) is 0 Å². The van der Waals surface area contributed by atoms with Crippen LogP contribution < -0.4 is 5.32 Å². The Morgan fingerprint density at radius 3 is 2.45 bits per heavy atom. The van der Waals surface area contributed by atoms with Crippen molar-refractivity contribution in [2.24, 2.45) is 0 Å². The van der Waals surface area contributed by atoms with Gasteiger partial charge in [0.1, 0.15) is 0 Å². The molecule has 0 aromatic heterocycles. The number of benzene rings is 1. The number of anilines is 1. The first-order valence-electron chi connectivity index (χ1n) is 6.78. The van der Waals surface area contributed by atoms with E-state index in [9.17, 15) is 14.7 Å². The summed E-state index contributed by atoms with van der Waals surface area (Å²) >= 11 is 0. The van der Waals surface area contributed by atoms with Gasteiger partial charge in [-0.25, -0.2) is 9.59 Å². The first kappa shape index (κ1) is 14.4. The number of urea groups is 1. The van der Waals surface area contributed by atoms with Gasteiger partial charge in [0.25, 0.3) is 0 Å². The van der Waals surface area contributed by atoms with Gasteiger partial charge in [-0.2, -0.15) is 0 Å². The zero-order valence-corrected chi connectivity index (χ0v) is 12.1. The molecule has 0 heterocycles. The van der Waals surface area contributed by atoms with Gasteiger partial charge in [0.05, 0.1) is 11.3 Å². The van der Waals surface area contributed by atoms with E-state index < -0.39 is 5.97 Å². The number of carboxylic acids is 1. The van der Waals surface area contributed by atoms with Crippen LogP contribution in [0.4, 0.5) is 10.5 Å². The van der Waals surface area contributed by atoms with E-state index >= 15 is 0 Å². The van der Waals surface area contributed by atoms with Crippen molar-refractivity contribution in [1.29, 1.82) is 0 Å². The Morgan fingerprint density at radius 1 is 1.30 bits per heavy atom. The minimum atomic E-state index is -1.03. The Morgan fingerprint density at radius 2 is 1.95 bits per heavy atom. The molecule has 2 rings (SSSR count). The highest BCUT2D eigenvalue weighted by atomic mass is 16.4. The number of aryl methyl sites for hydroxylation is 2. The maximum Gasteiger partial charge on any atom is 0.337 e. The standard InChI is InChI=1S/C15H20N2O3/c1-9-7-10(2)13(12(8-9)14(18)19)16-15(20)17(3)11-5-4-6-11/h7-8,11H,4-6H2,1-3H3,(H,16,20)(H,18,19). The van der Waals surface area contributed by atoms with E-state index in [1.54, 1.807) is 24.9 Å². The summed E-state index contributed by atoms with van der Waals surface area (Å²) < 4.78 is 0. The number of aromatic carboxylic acids is 1. The second-order valence-corrected chi connectivity index (χ2v) is 5.44.